The van der Waals surface area contributed by atoms with Crippen molar-refractivity contribution in [3.8, 4) is 0 Å². The van der Waals surface area contributed by atoms with Gasteiger partial charge in [0.15, 0.2) is 0 Å². The van der Waals surface area contributed by atoms with Gasteiger partial charge in [-0.3, -0.25) is 0 Å². The van der Waals surface area contributed by atoms with Crippen molar-refractivity contribution >= 4 is 0 Å². The Morgan fingerprint density at radius 2 is 1.50 bits per heavy atom. The van der Waals surface area contributed by atoms with Gasteiger partial charge in [-0.05, 0) is 0 Å². The molecule has 0 aliphatic rings. The molecule has 0 N–H and O–H groups in total. The minimum atomic E-state index is 0. The third-order valence-corrected chi connectivity index (χ3v) is 0. The molecule has 0 bridgehead atoms. The van der Waals surface area contributed by atoms with Gasteiger partial charge < -0.3 is 1.43 Å². The van der Waals surface area contributed by atoms with Gasteiger partial charge in [-0.1, -0.05) is 0 Å². The SMILES string of the molecule is [H-].[Li+].[O]=[Mo].[Ti]. The van der Waals surface area contributed by atoms with E-state index in [9.17, 15) is 0 Å². The Kier molecular flexibility index (Phi) is 91.2. The summed E-state index contributed by atoms with van der Waals surface area (Å²) in [6.45, 7) is 0. The van der Waals surface area contributed by atoms with Crippen molar-refractivity contribution in [2.75, 3.05) is 0 Å². The second kappa shape index (κ2) is 21.4. The van der Waals surface area contributed by atoms with E-state index >= 15 is 0 Å². The van der Waals surface area contributed by atoms with Crippen molar-refractivity contribution in [3.63, 3.8) is 0 Å². The fraction of sp³-hybridized carbons (Fsp3) is 0. The predicted molar refractivity (Wildman–Crippen MR) is 1.80 cm³/mol. The Hall–Kier alpha value is 1.80. The Bertz CT molecular complexity index is 11.6. The number of hydrogen-bond acceptors (Lipinski definition) is 1. The molecule has 0 aliphatic heterocycles. The number of hydrogen-bond donors (Lipinski definition) is 0. The Morgan fingerprint density at radius 3 is 1.50 bits per heavy atom. The summed E-state index contributed by atoms with van der Waals surface area (Å²) in [6, 6.07) is 0. The van der Waals surface area contributed by atoms with Crippen molar-refractivity contribution in [2.24, 2.45) is 0 Å². The van der Waals surface area contributed by atoms with Crippen LogP contribution in [-0.4, -0.2) is 0 Å². The first kappa shape index (κ1) is 17.0. The molecule has 18 valence electrons. The molecule has 0 aliphatic carbocycles. The molecule has 0 aromatic heterocycles. The summed E-state index contributed by atoms with van der Waals surface area (Å²) < 4.78 is 8.26. The van der Waals surface area contributed by atoms with E-state index in [0.29, 0.717) is 19.8 Å². The second-order valence-corrected chi connectivity index (χ2v) is 0. The molecule has 1 nitrogen and oxygen atoms in total. The van der Waals surface area contributed by atoms with Crippen LogP contribution in [0.25, 0.3) is 0 Å². The summed E-state index contributed by atoms with van der Waals surface area (Å²) in [5, 5.41) is 0. The van der Waals surface area contributed by atoms with Crippen molar-refractivity contribution in [2.45, 2.75) is 0 Å². The molecule has 0 aromatic rings. The zero-order chi connectivity index (χ0) is 2.00. The normalized spacial score (nSPS) is 1.00. The van der Waals surface area contributed by atoms with Gasteiger partial charge in [-0.15, -0.1) is 0 Å². The molecule has 0 aromatic carbocycles. The van der Waals surface area contributed by atoms with Crippen molar-refractivity contribution < 1.29 is 65.2 Å². The first-order valence-electron chi connectivity index (χ1n) is 0.167. The zero-order valence-corrected chi connectivity index (χ0v) is 5.89. The van der Waals surface area contributed by atoms with Crippen molar-refractivity contribution in [1.82, 2.24) is 0 Å². The van der Waals surface area contributed by atoms with Gasteiger partial charge in [-0.2, -0.15) is 0 Å². The van der Waals surface area contributed by atoms with Crippen molar-refractivity contribution in [3.05, 3.63) is 0 Å². The summed E-state index contributed by atoms with van der Waals surface area (Å²) in [5.74, 6) is 0. The van der Waals surface area contributed by atoms with Crippen LogP contribution in [-0.2, 0) is 44.9 Å². The van der Waals surface area contributed by atoms with Gasteiger partial charge in [0.2, 0.25) is 0 Å². The minimum Gasteiger partial charge on any atom is 0 e. The molecule has 0 saturated carbocycles. The molecule has 0 unspecified atom stereocenters. The molecule has 4 heteroatoms. The van der Waals surface area contributed by atoms with E-state index in [1.54, 1.807) is 0 Å². The second-order valence-electron chi connectivity index (χ2n) is 0. The molecule has 0 atom stereocenters. The van der Waals surface area contributed by atoms with E-state index in [0.717, 1.165) is 0 Å². The van der Waals surface area contributed by atoms with E-state index in [4.69, 9.17) is 3.40 Å². The molecule has 4 heavy (non-hydrogen) atoms. The molecule has 0 saturated heterocycles. The van der Waals surface area contributed by atoms with Crippen LogP contribution in [0.3, 0.4) is 0 Å². The molecular formula is HLiMoOTi. The van der Waals surface area contributed by atoms with Gasteiger partial charge in [0.05, 0.1) is 0 Å². The molecule has 0 fully saturated rings. The third-order valence-electron chi connectivity index (χ3n) is 0. The Labute approximate surface area is 64.7 Å². The maximum absolute atomic E-state index is 8.26. The van der Waals surface area contributed by atoms with Gasteiger partial charge in [-0.25, -0.2) is 0 Å². The Balaban J connectivity index is -0.00000000167. The van der Waals surface area contributed by atoms with Crippen LogP contribution in [0.5, 0.6) is 0 Å². The van der Waals surface area contributed by atoms with E-state index in [1.807, 2.05) is 0 Å². The average Bonchev–Trinajstić information content (AvgIpc) is 1.00. The van der Waals surface area contributed by atoms with Crippen LogP contribution in [0, 0.1) is 0 Å². The quantitative estimate of drug-likeness (QED) is 0.352. The standard InChI is InChI=1S/Li.Mo.O.Ti.H/q+1;;;;-1. The summed E-state index contributed by atoms with van der Waals surface area (Å²) in [6.07, 6.45) is 0. The largest absolute Gasteiger partial charge is 0 e. The molecular weight excluding hydrogens is 167 g/mol. The molecule has 0 spiro atoms. The molecule has 0 heterocycles. The average molecular weight is 168 g/mol. The summed E-state index contributed by atoms with van der Waals surface area (Å²) >= 11 is 0.700. The summed E-state index contributed by atoms with van der Waals surface area (Å²) in [4.78, 5) is 0. The third kappa shape index (κ3) is 9.20. The Morgan fingerprint density at radius 1 is 1.50 bits per heavy atom. The van der Waals surface area contributed by atoms with Crippen LogP contribution < -0.4 is 18.9 Å². The van der Waals surface area contributed by atoms with Crippen LogP contribution in [0.15, 0.2) is 0 Å². The predicted octanol–water partition coefficient (Wildman–Crippen LogP) is -3.01. The van der Waals surface area contributed by atoms with Gasteiger partial charge in [0.1, 0.15) is 0 Å². The maximum Gasteiger partial charge on any atom is 0 e. The van der Waals surface area contributed by atoms with Crippen LogP contribution in [0.1, 0.15) is 1.43 Å². The van der Waals surface area contributed by atoms with E-state index in [1.165, 1.54) is 0 Å². The zero-order valence-electron chi connectivity index (χ0n) is 3.32. The molecule has 0 radical (unpaired) electrons. The summed E-state index contributed by atoms with van der Waals surface area (Å²) in [7, 11) is 0. The first-order chi connectivity index (χ1) is 1.00. The summed E-state index contributed by atoms with van der Waals surface area (Å²) in [5.41, 5.74) is 0. The fourth-order valence-electron chi connectivity index (χ4n) is 0. The van der Waals surface area contributed by atoms with E-state index in [2.05, 4.69) is 0 Å². The number of rotatable bonds is 0. The van der Waals surface area contributed by atoms with E-state index < -0.39 is 0 Å². The molecule has 0 rings (SSSR count). The van der Waals surface area contributed by atoms with Gasteiger partial charge in [0, 0.05) is 21.7 Å². The monoisotopic (exact) mass is 170 g/mol. The van der Waals surface area contributed by atoms with E-state index in [-0.39, 0.29) is 42.0 Å². The van der Waals surface area contributed by atoms with Crippen LogP contribution >= 0.6 is 0 Å². The topological polar surface area (TPSA) is 17.1 Å². The maximum atomic E-state index is 8.26. The molecule has 0 amide bonds. The van der Waals surface area contributed by atoms with Crippen LogP contribution in [0.2, 0.25) is 0 Å². The smallest absolute Gasteiger partial charge is 0 e. The van der Waals surface area contributed by atoms with Crippen molar-refractivity contribution in [1.29, 1.82) is 0 Å². The van der Waals surface area contributed by atoms with Gasteiger partial charge in [0.25, 0.3) is 0 Å². The first-order valence-corrected chi connectivity index (χ1v) is 0.986. The van der Waals surface area contributed by atoms with Gasteiger partial charge >= 0.3 is 42.0 Å². The van der Waals surface area contributed by atoms with Crippen LogP contribution in [0.4, 0.5) is 0 Å². The minimum absolute atomic E-state index is 0. The fourth-order valence-corrected chi connectivity index (χ4v) is 0.